The second-order valence-electron chi connectivity index (χ2n) is 4.57. The summed E-state index contributed by atoms with van der Waals surface area (Å²) < 4.78 is 0. The highest BCUT2D eigenvalue weighted by atomic mass is 16.2. The molecular weight excluding hydrogens is 252 g/mol. The molecule has 0 unspecified atom stereocenters. The lowest BCUT2D eigenvalue weighted by Crippen LogP contribution is -2.24. The molecule has 1 N–H and O–H groups in total. The summed E-state index contributed by atoms with van der Waals surface area (Å²) in [6.45, 7) is 1.83. The molecule has 0 fully saturated rings. The highest BCUT2D eigenvalue weighted by molar-refractivity contribution is 5.96. The van der Waals surface area contributed by atoms with Crippen molar-refractivity contribution in [2.75, 3.05) is 0 Å². The Labute approximate surface area is 117 Å². The van der Waals surface area contributed by atoms with Gasteiger partial charge in [0.25, 0.3) is 0 Å². The summed E-state index contributed by atoms with van der Waals surface area (Å²) in [5.74, 6) is -0.376. The van der Waals surface area contributed by atoms with Crippen LogP contribution in [0.1, 0.15) is 18.9 Å². The fourth-order valence-corrected chi connectivity index (χ4v) is 1.82. The SMILES string of the molecule is CC(=O)CC(=O)NCc1ccc(-c2ccccn2)cc1. The van der Waals surface area contributed by atoms with Gasteiger partial charge >= 0.3 is 0 Å². The summed E-state index contributed by atoms with van der Waals surface area (Å²) in [5, 5.41) is 2.71. The number of nitrogens with zero attached hydrogens (tertiary/aromatic N) is 1. The Morgan fingerprint density at radius 1 is 1.10 bits per heavy atom. The molecule has 2 aromatic rings. The highest BCUT2D eigenvalue weighted by Gasteiger charge is 2.04. The summed E-state index contributed by atoms with van der Waals surface area (Å²) in [4.78, 5) is 26.5. The van der Waals surface area contributed by atoms with Gasteiger partial charge in [0.2, 0.25) is 5.91 Å². The van der Waals surface area contributed by atoms with Crippen LogP contribution in [0.5, 0.6) is 0 Å². The van der Waals surface area contributed by atoms with Crippen LogP contribution < -0.4 is 5.32 Å². The van der Waals surface area contributed by atoms with Crippen molar-refractivity contribution >= 4 is 11.7 Å². The molecule has 0 atom stereocenters. The molecular formula is C16H16N2O2. The first kappa shape index (κ1) is 13.9. The third-order valence-electron chi connectivity index (χ3n) is 2.81. The van der Waals surface area contributed by atoms with Gasteiger partial charge in [0, 0.05) is 18.3 Å². The van der Waals surface area contributed by atoms with Crippen LogP contribution >= 0.6 is 0 Å². The van der Waals surface area contributed by atoms with Crippen LogP contribution in [-0.4, -0.2) is 16.7 Å². The van der Waals surface area contributed by atoms with Crippen molar-refractivity contribution < 1.29 is 9.59 Å². The zero-order valence-corrected chi connectivity index (χ0v) is 11.3. The van der Waals surface area contributed by atoms with Crippen molar-refractivity contribution in [2.24, 2.45) is 0 Å². The van der Waals surface area contributed by atoms with Gasteiger partial charge in [0.1, 0.15) is 5.78 Å². The van der Waals surface area contributed by atoms with Crippen LogP contribution in [0.3, 0.4) is 0 Å². The minimum absolute atomic E-state index is 0.0635. The summed E-state index contributed by atoms with van der Waals surface area (Å²) in [7, 11) is 0. The van der Waals surface area contributed by atoms with Crippen LogP contribution in [-0.2, 0) is 16.1 Å². The van der Waals surface area contributed by atoms with Crippen LogP contribution in [0.4, 0.5) is 0 Å². The average molecular weight is 268 g/mol. The van der Waals surface area contributed by atoms with E-state index in [4.69, 9.17) is 0 Å². The predicted octanol–water partition coefficient (Wildman–Crippen LogP) is 2.34. The number of aromatic nitrogens is 1. The summed E-state index contributed by atoms with van der Waals surface area (Å²) in [6, 6.07) is 13.6. The minimum atomic E-state index is -0.244. The second kappa shape index (κ2) is 6.61. The number of rotatable bonds is 5. The van der Waals surface area contributed by atoms with Gasteiger partial charge in [0.05, 0.1) is 12.1 Å². The third-order valence-corrected chi connectivity index (χ3v) is 2.81. The molecule has 0 aliphatic carbocycles. The third kappa shape index (κ3) is 4.02. The first-order chi connectivity index (χ1) is 9.65. The number of amides is 1. The Kier molecular flexibility index (Phi) is 4.60. The number of Topliss-reactive ketones (excluding diaryl/α,β-unsaturated/α-hetero) is 1. The molecule has 2 rings (SSSR count). The molecule has 0 aliphatic rings. The lowest BCUT2D eigenvalue weighted by Gasteiger charge is -2.05. The van der Waals surface area contributed by atoms with E-state index in [9.17, 15) is 9.59 Å². The van der Waals surface area contributed by atoms with Crippen molar-refractivity contribution in [2.45, 2.75) is 19.9 Å². The Balaban J connectivity index is 1.95. The Bertz CT molecular complexity index is 592. The molecule has 20 heavy (non-hydrogen) atoms. The average Bonchev–Trinajstić information content (AvgIpc) is 2.46. The number of pyridine rings is 1. The molecule has 0 saturated carbocycles. The van der Waals surface area contributed by atoms with Crippen LogP contribution in [0.25, 0.3) is 11.3 Å². The number of nitrogens with one attached hydrogen (secondary N) is 1. The Morgan fingerprint density at radius 2 is 1.85 bits per heavy atom. The van der Waals surface area contributed by atoms with Gasteiger partial charge in [-0.3, -0.25) is 14.6 Å². The van der Waals surface area contributed by atoms with E-state index >= 15 is 0 Å². The molecule has 0 saturated heterocycles. The van der Waals surface area contributed by atoms with Gasteiger partial charge in [-0.05, 0) is 24.6 Å². The lowest BCUT2D eigenvalue weighted by molar-refractivity contribution is -0.127. The smallest absolute Gasteiger partial charge is 0.227 e. The van der Waals surface area contributed by atoms with Gasteiger partial charge in [-0.15, -0.1) is 0 Å². The van der Waals surface area contributed by atoms with Crippen LogP contribution in [0, 0.1) is 0 Å². The second-order valence-corrected chi connectivity index (χ2v) is 4.57. The number of carbonyl (C=O) groups excluding carboxylic acids is 2. The van der Waals surface area contributed by atoms with Gasteiger partial charge in [-0.2, -0.15) is 0 Å². The number of hydrogen-bond acceptors (Lipinski definition) is 3. The van der Waals surface area contributed by atoms with Crippen molar-refractivity contribution in [1.29, 1.82) is 0 Å². The van der Waals surface area contributed by atoms with Crippen LogP contribution in [0.15, 0.2) is 48.7 Å². The maximum atomic E-state index is 11.4. The molecule has 4 heteroatoms. The van der Waals surface area contributed by atoms with E-state index in [-0.39, 0.29) is 18.1 Å². The quantitative estimate of drug-likeness (QED) is 0.847. The minimum Gasteiger partial charge on any atom is -0.352 e. The van der Waals surface area contributed by atoms with Gasteiger partial charge in [0.15, 0.2) is 0 Å². The number of ketones is 1. The van der Waals surface area contributed by atoms with Gasteiger partial charge in [-0.1, -0.05) is 30.3 Å². The molecule has 1 amide bonds. The zero-order chi connectivity index (χ0) is 14.4. The molecule has 0 bridgehead atoms. The molecule has 102 valence electrons. The molecule has 0 spiro atoms. The summed E-state index contributed by atoms with van der Waals surface area (Å²) >= 11 is 0. The molecule has 4 nitrogen and oxygen atoms in total. The normalized spacial score (nSPS) is 10.1. The number of carbonyl (C=O) groups is 2. The van der Waals surface area contributed by atoms with Gasteiger partial charge < -0.3 is 5.32 Å². The molecule has 0 aliphatic heterocycles. The van der Waals surface area contributed by atoms with Crippen molar-refractivity contribution in [3.8, 4) is 11.3 Å². The van der Waals surface area contributed by atoms with E-state index < -0.39 is 0 Å². The highest BCUT2D eigenvalue weighted by Crippen LogP contribution is 2.16. The molecule has 0 radical (unpaired) electrons. The van der Waals surface area contributed by atoms with Crippen molar-refractivity contribution in [3.63, 3.8) is 0 Å². The van der Waals surface area contributed by atoms with E-state index in [0.717, 1.165) is 16.8 Å². The zero-order valence-electron chi connectivity index (χ0n) is 11.3. The standard InChI is InChI=1S/C16H16N2O2/c1-12(19)10-16(20)18-11-13-5-7-14(8-6-13)15-4-2-3-9-17-15/h2-9H,10-11H2,1H3,(H,18,20). The molecule has 1 aromatic carbocycles. The predicted molar refractivity (Wildman–Crippen MR) is 76.8 cm³/mol. The lowest BCUT2D eigenvalue weighted by atomic mass is 10.1. The first-order valence-electron chi connectivity index (χ1n) is 6.41. The Morgan fingerprint density at radius 3 is 2.45 bits per heavy atom. The monoisotopic (exact) mass is 268 g/mol. The van der Waals surface area contributed by atoms with Crippen LogP contribution in [0.2, 0.25) is 0 Å². The van der Waals surface area contributed by atoms with Crippen molar-refractivity contribution in [1.82, 2.24) is 10.3 Å². The maximum Gasteiger partial charge on any atom is 0.227 e. The van der Waals surface area contributed by atoms with E-state index in [1.165, 1.54) is 6.92 Å². The number of hydrogen-bond donors (Lipinski definition) is 1. The Hall–Kier alpha value is -2.49. The topological polar surface area (TPSA) is 59.1 Å². The molecule has 1 aromatic heterocycles. The number of benzene rings is 1. The fraction of sp³-hybridized carbons (Fsp3) is 0.188. The first-order valence-corrected chi connectivity index (χ1v) is 6.41. The maximum absolute atomic E-state index is 11.4. The largest absolute Gasteiger partial charge is 0.352 e. The van der Waals surface area contributed by atoms with E-state index in [0.29, 0.717) is 6.54 Å². The van der Waals surface area contributed by atoms with E-state index in [1.54, 1.807) is 6.20 Å². The summed E-state index contributed by atoms with van der Waals surface area (Å²) in [5.41, 5.74) is 2.94. The van der Waals surface area contributed by atoms with Crippen molar-refractivity contribution in [3.05, 3.63) is 54.2 Å². The summed E-state index contributed by atoms with van der Waals surface area (Å²) in [6.07, 6.45) is 1.69. The van der Waals surface area contributed by atoms with E-state index in [1.807, 2.05) is 42.5 Å². The fourth-order valence-electron chi connectivity index (χ4n) is 1.82. The van der Waals surface area contributed by atoms with E-state index in [2.05, 4.69) is 10.3 Å². The molecule has 1 heterocycles. The van der Waals surface area contributed by atoms with Gasteiger partial charge in [-0.25, -0.2) is 0 Å².